The minimum absolute atomic E-state index is 0.0614. The first-order valence-electron chi connectivity index (χ1n) is 5.88. The van der Waals surface area contributed by atoms with Gasteiger partial charge < -0.3 is 15.2 Å². The molecule has 0 amide bonds. The number of nitro groups is 1. The molecule has 0 aliphatic carbocycles. The largest absolute Gasteiger partial charge is 0.480 e. The Kier molecular flexibility index (Phi) is 6.40. The second kappa shape index (κ2) is 7.81. The summed E-state index contributed by atoms with van der Waals surface area (Å²) < 4.78 is 5.33. The summed E-state index contributed by atoms with van der Waals surface area (Å²) in [6.45, 7) is 0.479. The van der Waals surface area contributed by atoms with Crippen molar-refractivity contribution < 1.29 is 19.6 Å². The molecule has 0 aliphatic rings. The average molecular weight is 347 g/mol. The van der Waals surface area contributed by atoms with Crippen LogP contribution >= 0.6 is 15.9 Å². The van der Waals surface area contributed by atoms with Crippen molar-refractivity contribution in [2.45, 2.75) is 18.9 Å². The minimum Gasteiger partial charge on any atom is -0.480 e. The molecular weight excluding hydrogens is 332 g/mol. The number of halogens is 1. The van der Waals surface area contributed by atoms with E-state index in [9.17, 15) is 14.9 Å². The van der Waals surface area contributed by atoms with Crippen LogP contribution in [0.4, 0.5) is 11.4 Å². The summed E-state index contributed by atoms with van der Waals surface area (Å²) in [6, 6.07) is 3.36. The van der Waals surface area contributed by atoms with Gasteiger partial charge in [-0.05, 0) is 34.8 Å². The van der Waals surface area contributed by atoms with Crippen molar-refractivity contribution >= 4 is 33.3 Å². The van der Waals surface area contributed by atoms with Crippen molar-refractivity contribution in [3.05, 3.63) is 32.8 Å². The topological polar surface area (TPSA) is 102 Å². The van der Waals surface area contributed by atoms with Crippen LogP contribution in [-0.2, 0) is 9.53 Å². The smallest absolute Gasteiger partial charge is 0.326 e. The third kappa shape index (κ3) is 4.78. The molecular formula is C12H15BrN2O5. The highest BCUT2D eigenvalue weighted by Crippen LogP contribution is 2.28. The lowest BCUT2D eigenvalue weighted by Gasteiger charge is -2.16. The number of nitro benzene ring substituents is 1. The van der Waals surface area contributed by atoms with Gasteiger partial charge in [0.25, 0.3) is 5.69 Å². The molecule has 0 fully saturated rings. The maximum atomic E-state index is 11.2. The predicted octanol–water partition coefficient (Wildman–Crippen LogP) is 2.65. The molecule has 0 aromatic heterocycles. The molecule has 1 aromatic carbocycles. The summed E-state index contributed by atoms with van der Waals surface area (Å²) in [5.74, 6) is -0.980. The lowest BCUT2D eigenvalue weighted by Crippen LogP contribution is -2.29. The number of nitrogens with zero attached hydrogens (tertiary/aromatic N) is 1. The summed E-state index contributed by atoms with van der Waals surface area (Å²) in [5.41, 5.74) is 0.439. The first-order chi connectivity index (χ1) is 9.45. The van der Waals surface area contributed by atoms with Gasteiger partial charge in [0.1, 0.15) is 6.04 Å². The van der Waals surface area contributed by atoms with Gasteiger partial charge in [0.15, 0.2) is 0 Å². The van der Waals surface area contributed by atoms with Crippen LogP contribution < -0.4 is 5.32 Å². The molecule has 0 bridgehead atoms. The van der Waals surface area contributed by atoms with E-state index in [1.165, 1.54) is 18.2 Å². The van der Waals surface area contributed by atoms with Gasteiger partial charge >= 0.3 is 5.97 Å². The Morgan fingerprint density at radius 1 is 1.60 bits per heavy atom. The van der Waals surface area contributed by atoms with Gasteiger partial charge in [0.05, 0.1) is 4.92 Å². The zero-order valence-electron chi connectivity index (χ0n) is 10.8. The highest BCUT2D eigenvalue weighted by molar-refractivity contribution is 9.10. The van der Waals surface area contributed by atoms with E-state index in [2.05, 4.69) is 21.2 Å². The molecule has 1 atom stereocenters. The fourth-order valence-electron chi connectivity index (χ4n) is 1.61. The highest BCUT2D eigenvalue weighted by atomic mass is 79.9. The quantitative estimate of drug-likeness (QED) is 0.426. The number of ether oxygens (including phenoxy) is 1. The molecule has 0 aliphatic heterocycles. The number of carboxylic acids is 1. The van der Waals surface area contributed by atoms with Crippen LogP contribution in [0.3, 0.4) is 0 Å². The zero-order chi connectivity index (χ0) is 15.1. The molecule has 2 N–H and O–H groups in total. The number of hydrogen-bond acceptors (Lipinski definition) is 5. The van der Waals surface area contributed by atoms with Crippen LogP contribution in [0, 0.1) is 10.1 Å². The van der Waals surface area contributed by atoms with Gasteiger partial charge in [0, 0.05) is 36.0 Å². The summed E-state index contributed by atoms with van der Waals surface area (Å²) in [7, 11) is 1.55. The van der Waals surface area contributed by atoms with E-state index in [4.69, 9.17) is 9.84 Å². The van der Waals surface area contributed by atoms with Crippen molar-refractivity contribution in [2.24, 2.45) is 0 Å². The molecule has 1 unspecified atom stereocenters. The monoisotopic (exact) mass is 346 g/mol. The number of non-ortho nitro benzene ring substituents is 1. The number of anilines is 1. The summed E-state index contributed by atoms with van der Waals surface area (Å²) in [6.07, 6.45) is 0.998. The van der Waals surface area contributed by atoms with Crippen LogP contribution in [-0.4, -0.2) is 35.8 Å². The molecule has 8 heteroatoms. The third-order valence-electron chi connectivity index (χ3n) is 2.63. The number of hydrogen-bond donors (Lipinski definition) is 2. The summed E-state index contributed by atoms with van der Waals surface area (Å²) in [4.78, 5) is 21.3. The maximum absolute atomic E-state index is 11.2. The number of methoxy groups -OCH3 is 1. The van der Waals surface area contributed by atoms with E-state index in [0.717, 1.165) is 0 Å². The number of rotatable bonds is 8. The molecule has 110 valence electrons. The van der Waals surface area contributed by atoms with Crippen LogP contribution in [0.25, 0.3) is 0 Å². The lowest BCUT2D eigenvalue weighted by atomic mass is 10.1. The number of aliphatic carboxylic acids is 1. The zero-order valence-corrected chi connectivity index (χ0v) is 12.4. The molecule has 7 nitrogen and oxygen atoms in total. The Morgan fingerprint density at radius 3 is 2.80 bits per heavy atom. The van der Waals surface area contributed by atoms with Crippen molar-refractivity contribution in [3.63, 3.8) is 0 Å². The van der Waals surface area contributed by atoms with E-state index in [1.54, 1.807) is 7.11 Å². The third-order valence-corrected chi connectivity index (χ3v) is 3.29. The second-order valence-electron chi connectivity index (χ2n) is 4.09. The van der Waals surface area contributed by atoms with E-state index >= 15 is 0 Å². The van der Waals surface area contributed by atoms with Crippen molar-refractivity contribution in [1.29, 1.82) is 0 Å². The fourth-order valence-corrected chi connectivity index (χ4v) is 2.09. The van der Waals surface area contributed by atoms with E-state index < -0.39 is 16.9 Å². The Balaban J connectivity index is 2.78. The Hall–Kier alpha value is -1.67. The summed E-state index contributed by atoms with van der Waals surface area (Å²) in [5, 5.41) is 22.6. The van der Waals surface area contributed by atoms with Gasteiger partial charge in [-0.1, -0.05) is 0 Å². The Morgan fingerprint density at radius 2 is 2.30 bits per heavy atom. The minimum atomic E-state index is -0.980. The molecule has 0 radical (unpaired) electrons. The molecule has 0 saturated heterocycles. The van der Waals surface area contributed by atoms with Crippen molar-refractivity contribution in [3.8, 4) is 0 Å². The standard InChI is InChI=1S/C12H15BrN2O5/c1-20-6-2-3-11(12(16)17)14-10-5-4-8(15(18)19)7-9(10)13/h4-5,7,11,14H,2-3,6H2,1H3,(H,16,17). The first kappa shape index (κ1) is 16.4. The van der Waals surface area contributed by atoms with Gasteiger partial charge in [-0.3, -0.25) is 10.1 Å². The highest BCUT2D eigenvalue weighted by Gasteiger charge is 2.18. The van der Waals surface area contributed by atoms with E-state index in [-0.39, 0.29) is 5.69 Å². The Labute approximate surface area is 124 Å². The number of carboxylic acid groups (broad SMARTS) is 1. The molecule has 0 spiro atoms. The van der Waals surface area contributed by atoms with Crippen molar-refractivity contribution in [1.82, 2.24) is 0 Å². The molecule has 0 saturated carbocycles. The van der Waals surface area contributed by atoms with Crippen LogP contribution in [0.5, 0.6) is 0 Å². The molecule has 0 heterocycles. The SMILES string of the molecule is COCCCC(Nc1ccc([N+](=O)[O-])cc1Br)C(=O)O. The van der Waals surface area contributed by atoms with E-state index in [0.29, 0.717) is 29.6 Å². The molecule has 1 rings (SSSR count). The number of carbonyl (C=O) groups is 1. The number of nitrogens with one attached hydrogen (secondary N) is 1. The Bertz CT molecular complexity index is 495. The van der Waals surface area contributed by atoms with Crippen molar-refractivity contribution in [2.75, 3.05) is 19.0 Å². The fraction of sp³-hybridized carbons (Fsp3) is 0.417. The molecule has 1 aromatic rings. The van der Waals surface area contributed by atoms with Crippen LogP contribution in [0.15, 0.2) is 22.7 Å². The van der Waals surface area contributed by atoms with Gasteiger partial charge in [-0.25, -0.2) is 4.79 Å². The van der Waals surface area contributed by atoms with Gasteiger partial charge in [0.2, 0.25) is 0 Å². The van der Waals surface area contributed by atoms with Crippen LogP contribution in [0.2, 0.25) is 0 Å². The normalized spacial score (nSPS) is 11.9. The second-order valence-corrected chi connectivity index (χ2v) is 4.95. The first-order valence-corrected chi connectivity index (χ1v) is 6.67. The molecule has 20 heavy (non-hydrogen) atoms. The predicted molar refractivity (Wildman–Crippen MR) is 77.0 cm³/mol. The lowest BCUT2D eigenvalue weighted by molar-refractivity contribution is -0.384. The van der Waals surface area contributed by atoms with Gasteiger partial charge in [-0.2, -0.15) is 0 Å². The van der Waals surface area contributed by atoms with E-state index in [1.807, 2.05) is 0 Å². The summed E-state index contributed by atoms with van der Waals surface area (Å²) >= 11 is 3.19. The maximum Gasteiger partial charge on any atom is 0.326 e. The number of benzene rings is 1. The van der Waals surface area contributed by atoms with Gasteiger partial charge in [-0.15, -0.1) is 0 Å². The van der Waals surface area contributed by atoms with Crippen LogP contribution in [0.1, 0.15) is 12.8 Å². The average Bonchev–Trinajstić information content (AvgIpc) is 2.39.